The highest BCUT2D eigenvalue weighted by atomic mass is 79.9. The zero-order chi connectivity index (χ0) is 21.7. The number of hydrogen-bond donors (Lipinski definition) is 0. The SMILES string of the molecule is Cc1ccc(C)c(C2=NN3[C@@H](C2)c2cc(Br)ccc2O[C@H]3c2ccc([N+](=O)[O-])cc2)c1. The first kappa shape index (κ1) is 19.8. The van der Waals surface area contributed by atoms with Crippen LogP contribution in [0.1, 0.15) is 46.5 Å². The first-order chi connectivity index (χ1) is 14.9. The third kappa shape index (κ3) is 3.49. The van der Waals surface area contributed by atoms with Crippen LogP contribution in [0.3, 0.4) is 0 Å². The van der Waals surface area contributed by atoms with Crippen molar-refractivity contribution in [3.05, 3.63) is 103 Å². The smallest absolute Gasteiger partial charge is 0.269 e. The van der Waals surface area contributed by atoms with E-state index in [-0.39, 0.29) is 11.7 Å². The summed E-state index contributed by atoms with van der Waals surface area (Å²) in [5.74, 6) is 0.810. The van der Waals surface area contributed by atoms with Crippen molar-refractivity contribution < 1.29 is 9.66 Å². The van der Waals surface area contributed by atoms with Crippen molar-refractivity contribution in [2.24, 2.45) is 5.10 Å². The second-order valence-electron chi connectivity index (χ2n) is 7.97. The first-order valence-corrected chi connectivity index (χ1v) is 10.8. The minimum absolute atomic E-state index is 0.0244. The lowest BCUT2D eigenvalue weighted by Gasteiger charge is -2.38. The molecule has 7 heteroatoms. The van der Waals surface area contributed by atoms with Crippen molar-refractivity contribution in [3.8, 4) is 5.75 Å². The average Bonchev–Trinajstić information content (AvgIpc) is 3.20. The van der Waals surface area contributed by atoms with Gasteiger partial charge in [0.1, 0.15) is 5.75 Å². The lowest BCUT2D eigenvalue weighted by atomic mass is 9.93. The van der Waals surface area contributed by atoms with Gasteiger partial charge in [0.2, 0.25) is 6.23 Å². The molecule has 0 aliphatic carbocycles. The van der Waals surface area contributed by atoms with E-state index in [0.29, 0.717) is 0 Å². The molecule has 2 aliphatic rings. The van der Waals surface area contributed by atoms with E-state index in [4.69, 9.17) is 9.84 Å². The largest absolute Gasteiger partial charge is 0.464 e. The Hall–Kier alpha value is -3.19. The third-order valence-electron chi connectivity index (χ3n) is 5.84. The molecule has 0 unspecified atom stereocenters. The van der Waals surface area contributed by atoms with Crippen molar-refractivity contribution in [3.63, 3.8) is 0 Å². The molecule has 0 saturated carbocycles. The summed E-state index contributed by atoms with van der Waals surface area (Å²) < 4.78 is 7.34. The molecule has 0 bridgehead atoms. The van der Waals surface area contributed by atoms with Gasteiger partial charge in [-0.3, -0.25) is 10.1 Å². The van der Waals surface area contributed by atoms with Crippen LogP contribution < -0.4 is 4.74 Å². The van der Waals surface area contributed by atoms with E-state index >= 15 is 0 Å². The van der Waals surface area contributed by atoms with Crippen LogP contribution in [0.5, 0.6) is 5.75 Å². The Morgan fingerprint density at radius 2 is 1.87 bits per heavy atom. The molecule has 3 aromatic carbocycles. The number of hydrazone groups is 1. The third-order valence-corrected chi connectivity index (χ3v) is 6.34. The number of ether oxygens (including phenoxy) is 1. The molecule has 6 nitrogen and oxygen atoms in total. The fourth-order valence-electron chi connectivity index (χ4n) is 4.25. The molecule has 31 heavy (non-hydrogen) atoms. The highest BCUT2D eigenvalue weighted by Crippen LogP contribution is 2.48. The predicted molar refractivity (Wildman–Crippen MR) is 122 cm³/mol. The van der Waals surface area contributed by atoms with Crippen LogP contribution in [0.4, 0.5) is 5.69 Å². The number of hydrogen-bond acceptors (Lipinski definition) is 5. The molecule has 0 saturated heterocycles. The number of benzene rings is 3. The Kier molecular flexibility index (Phi) is 4.78. The van der Waals surface area contributed by atoms with Gasteiger partial charge in [0.15, 0.2) is 0 Å². The van der Waals surface area contributed by atoms with Gasteiger partial charge in [-0.05, 0) is 55.8 Å². The van der Waals surface area contributed by atoms with Crippen molar-refractivity contribution in [2.45, 2.75) is 32.5 Å². The molecule has 5 rings (SSSR count). The van der Waals surface area contributed by atoms with E-state index in [1.165, 1.54) is 23.3 Å². The Morgan fingerprint density at radius 1 is 1.10 bits per heavy atom. The summed E-state index contributed by atoms with van der Waals surface area (Å²) in [6, 6.07) is 19.0. The summed E-state index contributed by atoms with van der Waals surface area (Å²) >= 11 is 3.57. The number of nitro groups is 1. The van der Waals surface area contributed by atoms with Crippen LogP contribution in [0, 0.1) is 24.0 Å². The number of nitro benzene ring substituents is 1. The number of rotatable bonds is 3. The Labute approximate surface area is 188 Å². The zero-order valence-corrected chi connectivity index (χ0v) is 18.7. The van der Waals surface area contributed by atoms with E-state index in [9.17, 15) is 10.1 Å². The van der Waals surface area contributed by atoms with E-state index in [1.54, 1.807) is 12.1 Å². The van der Waals surface area contributed by atoms with Crippen LogP contribution in [0.15, 0.2) is 70.2 Å². The van der Waals surface area contributed by atoms with Crippen LogP contribution >= 0.6 is 15.9 Å². The lowest BCUT2D eigenvalue weighted by molar-refractivity contribution is -0.384. The van der Waals surface area contributed by atoms with Crippen LogP contribution in [0.2, 0.25) is 0 Å². The molecule has 2 heterocycles. The molecule has 0 radical (unpaired) electrons. The van der Waals surface area contributed by atoms with Crippen molar-refractivity contribution >= 4 is 27.3 Å². The van der Waals surface area contributed by atoms with Crippen LogP contribution in [-0.2, 0) is 0 Å². The zero-order valence-electron chi connectivity index (χ0n) is 17.1. The Balaban J connectivity index is 1.60. The second kappa shape index (κ2) is 7.50. The topological polar surface area (TPSA) is 68.0 Å². The van der Waals surface area contributed by atoms with Gasteiger partial charge in [0.25, 0.3) is 5.69 Å². The normalized spacial score (nSPS) is 19.3. The summed E-state index contributed by atoms with van der Waals surface area (Å²) in [6.45, 7) is 4.18. The monoisotopic (exact) mass is 477 g/mol. The Morgan fingerprint density at radius 3 is 2.61 bits per heavy atom. The van der Waals surface area contributed by atoms with Crippen molar-refractivity contribution in [1.29, 1.82) is 0 Å². The van der Waals surface area contributed by atoms with E-state index in [2.05, 4.69) is 54.0 Å². The van der Waals surface area contributed by atoms with E-state index < -0.39 is 11.2 Å². The van der Waals surface area contributed by atoms with Crippen LogP contribution in [0.25, 0.3) is 0 Å². The minimum atomic E-state index is -0.456. The molecule has 2 aliphatic heterocycles. The number of non-ortho nitro benzene ring substituents is 1. The van der Waals surface area contributed by atoms with Gasteiger partial charge in [0.05, 0.1) is 16.7 Å². The van der Waals surface area contributed by atoms with Crippen LogP contribution in [-0.4, -0.2) is 15.6 Å². The van der Waals surface area contributed by atoms with Gasteiger partial charge >= 0.3 is 0 Å². The first-order valence-electron chi connectivity index (χ1n) is 10.0. The fourth-order valence-corrected chi connectivity index (χ4v) is 4.63. The van der Waals surface area contributed by atoms with Crippen molar-refractivity contribution in [1.82, 2.24) is 5.01 Å². The summed E-state index contributed by atoms with van der Waals surface area (Å²) in [6.07, 6.45) is 0.308. The number of fused-ring (bicyclic) bond motifs is 3. The van der Waals surface area contributed by atoms with Gasteiger partial charge in [-0.25, -0.2) is 5.01 Å². The summed E-state index contributed by atoms with van der Waals surface area (Å²) in [7, 11) is 0. The molecule has 0 amide bonds. The number of aryl methyl sites for hydroxylation is 2. The maximum absolute atomic E-state index is 11.1. The summed E-state index contributed by atoms with van der Waals surface area (Å²) in [4.78, 5) is 10.7. The molecular weight excluding hydrogens is 458 g/mol. The maximum atomic E-state index is 11.1. The van der Waals surface area contributed by atoms with E-state index in [0.717, 1.165) is 39.0 Å². The van der Waals surface area contributed by atoms with Gasteiger partial charge in [-0.1, -0.05) is 33.6 Å². The average molecular weight is 478 g/mol. The van der Waals surface area contributed by atoms with Gasteiger partial charge in [-0.2, -0.15) is 5.10 Å². The molecule has 156 valence electrons. The lowest BCUT2D eigenvalue weighted by Crippen LogP contribution is -2.33. The van der Waals surface area contributed by atoms with Gasteiger partial charge in [0, 0.05) is 39.7 Å². The Bertz CT molecular complexity index is 1220. The van der Waals surface area contributed by atoms with E-state index in [1.807, 2.05) is 17.1 Å². The predicted octanol–water partition coefficient (Wildman–Crippen LogP) is 6.22. The molecule has 0 spiro atoms. The standard InChI is InChI=1S/C24H20BrN3O3/c1-14-3-4-15(2)19(11-14)21-13-22-20-12-17(25)7-10-23(20)31-24(27(22)26-21)16-5-8-18(9-6-16)28(29)30/h3-12,22,24H,13H2,1-2H3/t22-,24-/m0/s1. The molecule has 0 N–H and O–H groups in total. The van der Waals surface area contributed by atoms with Gasteiger partial charge in [-0.15, -0.1) is 0 Å². The molecule has 3 aromatic rings. The number of nitrogens with zero attached hydrogens (tertiary/aromatic N) is 3. The molecular formula is C24H20BrN3O3. The second-order valence-corrected chi connectivity index (χ2v) is 8.88. The molecule has 0 aromatic heterocycles. The molecule has 0 fully saturated rings. The minimum Gasteiger partial charge on any atom is -0.464 e. The van der Waals surface area contributed by atoms with Crippen molar-refractivity contribution in [2.75, 3.05) is 0 Å². The summed E-state index contributed by atoms with van der Waals surface area (Å²) in [5, 5.41) is 18.1. The van der Waals surface area contributed by atoms with Gasteiger partial charge < -0.3 is 4.74 Å². The fraction of sp³-hybridized carbons (Fsp3) is 0.208. The molecule has 2 atom stereocenters. The summed E-state index contributed by atoms with van der Waals surface area (Å²) in [5.41, 5.74) is 6.52. The number of halogens is 1. The highest BCUT2D eigenvalue weighted by molar-refractivity contribution is 9.10. The quantitative estimate of drug-likeness (QED) is 0.331. The highest BCUT2D eigenvalue weighted by Gasteiger charge is 2.41. The maximum Gasteiger partial charge on any atom is 0.269 e.